The third-order valence-corrected chi connectivity index (χ3v) is 4.13. The standard InChI is InChI=1S/C20H10F7N3O3/c21-10-3-6-13(17(24)16(10)23)33-12-5-2-9(20(25,26)27)15(22)14(12)19(32)30-8-1-4-11(18(28)31)29-7-8/h1-7H,(H2,28,31)(H,30,32). The van der Waals surface area contributed by atoms with Gasteiger partial charge in [-0.05, 0) is 36.4 Å². The quantitative estimate of drug-likeness (QED) is 0.411. The van der Waals surface area contributed by atoms with Gasteiger partial charge in [0.2, 0.25) is 5.82 Å². The lowest BCUT2D eigenvalue weighted by molar-refractivity contribution is -0.140. The Morgan fingerprint density at radius 3 is 2.12 bits per heavy atom. The minimum atomic E-state index is -5.21. The normalized spacial score (nSPS) is 11.2. The molecule has 33 heavy (non-hydrogen) atoms. The van der Waals surface area contributed by atoms with E-state index in [1.165, 1.54) is 0 Å². The lowest BCUT2D eigenvalue weighted by Gasteiger charge is -2.16. The Kier molecular flexibility index (Phi) is 6.24. The summed E-state index contributed by atoms with van der Waals surface area (Å²) in [5.41, 5.74) is 1.49. The Hall–Kier alpha value is -4.16. The summed E-state index contributed by atoms with van der Waals surface area (Å²) in [6, 6.07) is 3.97. The monoisotopic (exact) mass is 473 g/mol. The lowest BCUT2D eigenvalue weighted by atomic mass is 10.1. The number of aromatic nitrogens is 1. The van der Waals surface area contributed by atoms with Crippen molar-refractivity contribution in [2.45, 2.75) is 6.18 Å². The number of amides is 2. The molecular weight excluding hydrogens is 463 g/mol. The molecule has 0 bridgehead atoms. The highest BCUT2D eigenvalue weighted by molar-refractivity contribution is 6.06. The fourth-order valence-corrected chi connectivity index (χ4v) is 2.59. The number of nitrogens with two attached hydrogens (primary N) is 1. The number of carbonyl (C=O) groups excluding carboxylic acids is 2. The number of primary amides is 1. The van der Waals surface area contributed by atoms with Gasteiger partial charge in [-0.3, -0.25) is 9.59 Å². The number of benzene rings is 2. The van der Waals surface area contributed by atoms with Crippen molar-refractivity contribution in [3.8, 4) is 11.5 Å². The first-order valence-corrected chi connectivity index (χ1v) is 8.68. The number of nitrogens with one attached hydrogen (secondary N) is 1. The molecule has 172 valence electrons. The summed E-state index contributed by atoms with van der Waals surface area (Å²) in [7, 11) is 0. The first-order chi connectivity index (χ1) is 15.4. The zero-order valence-electron chi connectivity index (χ0n) is 15.9. The molecule has 0 aliphatic rings. The maximum atomic E-state index is 14.7. The molecule has 0 radical (unpaired) electrons. The number of alkyl halides is 3. The van der Waals surface area contributed by atoms with Gasteiger partial charge in [0, 0.05) is 0 Å². The molecule has 1 heterocycles. The minimum Gasteiger partial charge on any atom is -0.453 e. The highest BCUT2D eigenvalue weighted by Gasteiger charge is 2.37. The van der Waals surface area contributed by atoms with E-state index in [4.69, 9.17) is 10.5 Å². The van der Waals surface area contributed by atoms with E-state index in [1.807, 2.05) is 5.32 Å². The highest BCUT2D eigenvalue weighted by atomic mass is 19.4. The molecular formula is C20H10F7N3O3. The molecule has 0 aliphatic heterocycles. The summed E-state index contributed by atoms with van der Waals surface area (Å²) in [5, 5.41) is 2.04. The Balaban J connectivity index is 2.06. The van der Waals surface area contributed by atoms with Crippen molar-refractivity contribution in [2.24, 2.45) is 5.73 Å². The number of pyridine rings is 1. The van der Waals surface area contributed by atoms with E-state index in [2.05, 4.69) is 4.98 Å². The molecule has 0 fully saturated rings. The van der Waals surface area contributed by atoms with Gasteiger partial charge in [-0.2, -0.15) is 17.6 Å². The molecule has 0 unspecified atom stereocenters. The van der Waals surface area contributed by atoms with E-state index >= 15 is 0 Å². The van der Waals surface area contributed by atoms with Gasteiger partial charge in [-0.1, -0.05) is 0 Å². The summed E-state index contributed by atoms with van der Waals surface area (Å²) >= 11 is 0. The molecule has 2 aromatic carbocycles. The predicted molar refractivity (Wildman–Crippen MR) is 98.5 cm³/mol. The molecule has 6 nitrogen and oxygen atoms in total. The van der Waals surface area contributed by atoms with Gasteiger partial charge in [-0.25, -0.2) is 18.2 Å². The number of carbonyl (C=O) groups is 2. The smallest absolute Gasteiger partial charge is 0.419 e. The van der Waals surface area contributed by atoms with Crippen LogP contribution in [0.15, 0.2) is 42.6 Å². The van der Waals surface area contributed by atoms with E-state index in [0.29, 0.717) is 18.2 Å². The topological polar surface area (TPSA) is 94.3 Å². The molecule has 0 aliphatic carbocycles. The molecule has 0 saturated carbocycles. The van der Waals surface area contributed by atoms with Crippen molar-refractivity contribution in [2.75, 3.05) is 5.32 Å². The van der Waals surface area contributed by atoms with Crippen LogP contribution in [0.2, 0.25) is 0 Å². The fraction of sp³-hybridized carbons (Fsp3) is 0.0500. The summed E-state index contributed by atoms with van der Waals surface area (Å²) < 4.78 is 99.6. The van der Waals surface area contributed by atoms with Crippen molar-refractivity contribution in [1.82, 2.24) is 4.98 Å². The number of halogens is 7. The maximum absolute atomic E-state index is 14.7. The second-order valence-corrected chi connectivity index (χ2v) is 6.32. The number of nitrogens with zero attached hydrogens (tertiary/aromatic N) is 1. The molecule has 13 heteroatoms. The zero-order chi connectivity index (χ0) is 24.5. The second-order valence-electron chi connectivity index (χ2n) is 6.32. The minimum absolute atomic E-state index is 0.174. The van der Waals surface area contributed by atoms with Gasteiger partial charge in [0.05, 0.1) is 17.4 Å². The van der Waals surface area contributed by atoms with Crippen LogP contribution in [0.4, 0.5) is 36.4 Å². The fourth-order valence-electron chi connectivity index (χ4n) is 2.59. The molecule has 3 rings (SSSR count). The summed E-state index contributed by atoms with van der Waals surface area (Å²) in [6.07, 6.45) is -4.30. The van der Waals surface area contributed by atoms with Crippen LogP contribution in [-0.4, -0.2) is 16.8 Å². The Bertz CT molecular complexity index is 1250. The molecule has 0 spiro atoms. The SMILES string of the molecule is NC(=O)c1ccc(NC(=O)c2c(Oc3ccc(F)c(F)c3F)ccc(C(F)(F)F)c2F)cn1. The number of ether oxygens (including phenoxy) is 1. The second kappa shape index (κ2) is 8.76. The Morgan fingerprint density at radius 2 is 1.55 bits per heavy atom. The van der Waals surface area contributed by atoms with Crippen molar-refractivity contribution < 1.29 is 45.1 Å². The third kappa shape index (κ3) is 4.86. The molecule has 0 saturated heterocycles. The van der Waals surface area contributed by atoms with Gasteiger partial charge in [0.25, 0.3) is 11.8 Å². The third-order valence-electron chi connectivity index (χ3n) is 4.13. The number of rotatable bonds is 5. The van der Waals surface area contributed by atoms with Gasteiger partial charge in [0.1, 0.15) is 17.0 Å². The van der Waals surface area contributed by atoms with Crippen molar-refractivity contribution >= 4 is 17.5 Å². The predicted octanol–water partition coefficient (Wildman–Crippen LogP) is 4.80. The van der Waals surface area contributed by atoms with Gasteiger partial charge in [-0.15, -0.1) is 0 Å². The van der Waals surface area contributed by atoms with E-state index in [1.54, 1.807) is 0 Å². The van der Waals surface area contributed by atoms with E-state index < -0.39 is 63.9 Å². The average Bonchev–Trinajstić information content (AvgIpc) is 2.73. The van der Waals surface area contributed by atoms with Crippen LogP contribution >= 0.6 is 0 Å². The molecule has 0 atom stereocenters. The first kappa shape index (κ1) is 23.5. The molecule has 3 aromatic rings. The molecule has 2 amide bonds. The number of hydrogen-bond donors (Lipinski definition) is 2. The largest absolute Gasteiger partial charge is 0.453 e. The van der Waals surface area contributed by atoms with Gasteiger partial charge >= 0.3 is 6.18 Å². The number of anilines is 1. The summed E-state index contributed by atoms with van der Waals surface area (Å²) in [5.74, 6) is -11.8. The molecule has 3 N–H and O–H groups in total. The summed E-state index contributed by atoms with van der Waals surface area (Å²) in [4.78, 5) is 27.2. The highest BCUT2D eigenvalue weighted by Crippen LogP contribution is 2.38. The Labute approximate surface area is 179 Å². The van der Waals surface area contributed by atoms with Crippen molar-refractivity contribution in [3.05, 3.63) is 82.7 Å². The van der Waals surface area contributed by atoms with Crippen molar-refractivity contribution in [1.29, 1.82) is 0 Å². The van der Waals surface area contributed by atoms with E-state index in [9.17, 15) is 40.3 Å². The Morgan fingerprint density at radius 1 is 0.879 bits per heavy atom. The van der Waals surface area contributed by atoms with Crippen LogP contribution in [0.5, 0.6) is 11.5 Å². The van der Waals surface area contributed by atoms with Crippen LogP contribution in [0, 0.1) is 23.3 Å². The van der Waals surface area contributed by atoms with E-state index in [-0.39, 0.29) is 17.4 Å². The average molecular weight is 473 g/mol. The number of hydrogen-bond acceptors (Lipinski definition) is 4. The summed E-state index contributed by atoms with van der Waals surface area (Å²) in [6.45, 7) is 0. The van der Waals surface area contributed by atoms with Gasteiger partial charge in [0.15, 0.2) is 23.2 Å². The van der Waals surface area contributed by atoms with Gasteiger partial charge < -0.3 is 15.8 Å². The van der Waals surface area contributed by atoms with Crippen LogP contribution in [0.1, 0.15) is 26.4 Å². The first-order valence-electron chi connectivity index (χ1n) is 8.68. The maximum Gasteiger partial charge on any atom is 0.419 e. The van der Waals surface area contributed by atoms with Crippen LogP contribution < -0.4 is 15.8 Å². The van der Waals surface area contributed by atoms with Crippen LogP contribution in [0.3, 0.4) is 0 Å². The van der Waals surface area contributed by atoms with Crippen molar-refractivity contribution in [3.63, 3.8) is 0 Å². The molecule has 1 aromatic heterocycles. The zero-order valence-corrected chi connectivity index (χ0v) is 15.9. The van der Waals surface area contributed by atoms with Crippen LogP contribution in [-0.2, 0) is 6.18 Å². The van der Waals surface area contributed by atoms with Crippen LogP contribution in [0.25, 0.3) is 0 Å². The lowest BCUT2D eigenvalue weighted by Crippen LogP contribution is -2.19. The van der Waals surface area contributed by atoms with E-state index in [0.717, 1.165) is 18.3 Å².